The Morgan fingerprint density at radius 1 is 1.36 bits per heavy atom. The molecule has 0 aliphatic carbocycles. The van der Waals surface area contributed by atoms with Crippen LogP contribution in [0, 0.1) is 0 Å². The van der Waals surface area contributed by atoms with E-state index in [1.54, 1.807) is 18.1 Å². The topological polar surface area (TPSA) is 68.7 Å². The summed E-state index contributed by atoms with van der Waals surface area (Å²) in [6.45, 7) is 3.94. The first-order chi connectivity index (χ1) is 10.6. The number of benzene rings is 1. The molecule has 6 nitrogen and oxygen atoms in total. The van der Waals surface area contributed by atoms with Gasteiger partial charge in [0.05, 0.1) is 0 Å². The van der Waals surface area contributed by atoms with Crippen molar-refractivity contribution in [1.82, 2.24) is 10.3 Å². The van der Waals surface area contributed by atoms with Gasteiger partial charge in [-0.15, -0.1) is 0 Å². The summed E-state index contributed by atoms with van der Waals surface area (Å²) in [4.78, 5) is 19.3. The third-order valence-electron chi connectivity index (χ3n) is 3.94. The largest absolute Gasteiger partial charge is 0.480 e. The summed E-state index contributed by atoms with van der Waals surface area (Å²) in [5.74, 6) is -0.162. The van der Waals surface area contributed by atoms with Crippen molar-refractivity contribution < 1.29 is 9.90 Å². The predicted octanol–water partition coefficient (Wildman–Crippen LogP) is 1.17. The number of anilines is 2. The smallest absolute Gasteiger partial charge is 0.323 e. The third kappa shape index (κ3) is 2.96. The number of carbonyl (C=O) groups is 1. The van der Waals surface area contributed by atoms with Gasteiger partial charge in [0.15, 0.2) is 0 Å². The standard InChI is InChI=1S/C16H20N4O2/c1-19(11-15(21)22)16-14-3-2-13(10-12(14)4-5-18-16)20-8-6-17-7-9-20/h2-5,10,17H,6-9,11H2,1H3,(H,21,22). The van der Waals surface area contributed by atoms with Crippen LogP contribution in [-0.4, -0.2) is 55.8 Å². The van der Waals surface area contributed by atoms with Gasteiger partial charge >= 0.3 is 5.97 Å². The molecule has 1 saturated heterocycles. The zero-order chi connectivity index (χ0) is 15.5. The lowest BCUT2D eigenvalue weighted by Gasteiger charge is -2.29. The lowest BCUT2D eigenvalue weighted by atomic mass is 10.1. The van der Waals surface area contributed by atoms with E-state index in [1.807, 2.05) is 12.1 Å². The van der Waals surface area contributed by atoms with Gasteiger partial charge < -0.3 is 20.2 Å². The van der Waals surface area contributed by atoms with Crippen LogP contribution in [0.1, 0.15) is 0 Å². The van der Waals surface area contributed by atoms with E-state index in [4.69, 9.17) is 5.11 Å². The molecule has 1 aliphatic heterocycles. The highest BCUT2D eigenvalue weighted by Gasteiger charge is 2.14. The van der Waals surface area contributed by atoms with Crippen LogP contribution in [0.15, 0.2) is 30.5 Å². The highest BCUT2D eigenvalue weighted by Crippen LogP contribution is 2.28. The SMILES string of the molecule is CN(CC(=O)O)c1nccc2cc(N3CCNCC3)ccc12. The van der Waals surface area contributed by atoms with E-state index in [1.165, 1.54) is 5.69 Å². The maximum absolute atomic E-state index is 10.9. The molecule has 0 radical (unpaired) electrons. The van der Waals surface area contributed by atoms with Gasteiger partial charge in [0.1, 0.15) is 12.4 Å². The second-order valence-corrected chi connectivity index (χ2v) is 5.53. The normalized spacial score (nSPS) is 15.0. The molecule has 0 bridgehead atoms. The number of carboxylic acid groups (broad SMARTS) is 1. The van der Waals surface area contributed by atoms with Crippen LogP contribution in [0.2, 0.25) is 0 Å². The monoisotopic (exact) mass is 300 g/mol. The van der Waals surface area contributed by atoms with Crippen LogP contribution in [0.3, 0.4) is 0 Å². The summed E-state index contributed by atoms with van der Waals surface area (Å²) in [5, 5.41) is 14.4. The number of hydrogen-bond donors (Lipinski definition) is 2. The Morgan fingerprint density at radius 3 is 2.86 bits per heavy atom. The van der Waals surface area contributed by atoms with Crippen molar-refractivity contribution in [3.05, 3.63) is 30.5 Å². The second-order valence-electron chi connectivity index (χ2n) is 5.53. The summed E-state index contributed by atoms with van der Waals surface area (Å²) in [6.07, 6.45) is 1.73. The molecule has 1 aromatic carbocycles. The summed E-state index contributed by atoms with van der Waals surface area (Å²) in [6, 6.07) is 8.25. The van der Waals surface area contributed by atoms with Gasteiger partial charge in [-0.2, -0.15) is 0 Å². The molecule has 0 amide bonds. The minimum absolute atomic E-state index is 0.0638. The second kappa shape index (κ2) is 6.19. The molecular formula is C16H20N4O2. The lowest BCUT2D eigenvalue weighted by molar-refractivity contribution is -0.135. The lowest BCUT2D eigenvalue weighted by Crippen LogP contribution is -2.43. The number of aliphatic carboxylic acids is 1. The van der Waals surface area contributed by atoms with E-state index >= 15 is 0 Å². The molecule has 0 spiro atoms. The molecule has 0 atom stereocenters. The van der Waals surface area contributed by atoms with Gasteiger partial charge in [-0.1, -0.05) is 0 Å². The number of pyridine rings is 1. The van der Waals surface area contributed by atoms with Crippen LogP contribution in [0.25, 0.3) is 10.8 Å². The van der Waals surface area contributed by atoms with Crippen LogP contribution in [0.4, 0.5) is 11.5 Å². The minimum atomic E-state index is -0.862. The Balaban J connectivity index is 1.94. The molecule has 116 valence electrons. The van der Waals surface area contributed by atoms with Gasteiger partial charge in [0, 0.05) is 50.5 Å². The number of nitrogens with zero attached hydrogens (tertiary/aromatic N) is 3. The van der Waals surface area contributed by atoms with E-state index < -0.39 is 5.97 Å². The van der Waals surface area contributed by atoms with Crippen molar-refractivity contribution in [2.24, 2.45) is 0 Å². The molecular weight excluding hydrogens is 280 g/mol. The first-order valence-corrected chi connectivity index (χ1v) is 7.42. The van der Waals surface area contributed by atoms with Crippen molar-refractivity contribution in [3.8, 4) is 0 Å². The Hall–Kier alpha value is -2.34. The average molecular weight is 300 g/mol. The summed E-state index contributed by atoms with van der Waals surface area (Å²) >= 11 is 0. The van der Waals surface area contributed by atoms with E-state index in [-0.39, 0.29) is 6.54 Å². The summed E-state index contributed by atoms with van der Waals surface area (Å²) < 4.78 is 0. The number of hydrogen-bond acceptors (Lipinski definition) is 5. The van der Waals surface area contributed by atoms with Crippen molar-refractivity contribution in [2.75, 3.05) is 49.6 Å². The van der Waals surface area contributed by atoms with E-state index in [0.29, 0.717) is 5.82 Å². The van der Waals surface area contributed by atoms with E-state index in [9.17, 15) is 4.79 Å². The fraction of sp³-hybridized carbons (Fsp3) is 0.375. The fourth-order valence-corrected chi connectivity index (χ4v) is 2.85. The number of fused-ring (bicyclic) bond motifs is 1. The Kier molecular flexibility index (Phi) is 4.11. The zero-order valence-corrected chi connectivity index (χ0v) is 12.6. The highest BCUT2D eigenvalue weighted by atomic mass is 16.4. The summed E-state index contributed by atoms with van der Waals surface area (Å²) in [5.41, 5.74) is 1.20. The molecule has 2 heterocycles. The zero-order valence-electron chi connectivity index (χ0n) is 12.6. The number of nitrogens with one attached hydrogen (secondary N) is 1. The molecule has 22 heavy (non-hydrogen) atoms. The van der Waals surface area contributed by atoms with Crippen LogP contribution >= 0.6 is 0 Å². The Morgan fingerprint density at radius 2 is 2.14 bits per heavy atom. The molecule has 2 N–H and O–H groups in total. The fourth-order valence-electron chi connectivity index (χ4n) is 2.85. The van der Waals surface area contributed by atoms with E-state index in [0.717, 1.165) is 37.0 Å². The maximum atomic E-state index is 10.9. The molecule has 1 aliphatic rings. The quantitative estimate of drug-likeness (QED) is 0.883. The van der Waals surface area contributed by atoms with Gasteiger partial charge in [0.2, 0.25) is 0 Å². The van der Waals surface area contributed by atoms with Crippen molar-refractivity contribution >= 4 is 28.2 Å². The molecule has 2 aromatic rings. The van der Waals surface area contributed by atoms with Crippen molar-refractivity contribution in [2.45, 2.75) is 0 Å². The van der Waals surface area contributed by atoms with Gasteiger partial charge in [-0.3, -0.25) is 4.79 Å². The average Bonchev–Trinajstić information content (AvgIpc) is 2.54. The van der Waals surface area contributed by atoms with Gasteiger partial charge in [-0.25, -0.2) is 4.98 Å². The summed E-state index contributed by atoms with van der Waals surface area (Å²) in [7, 11) is 1.75. The van der Waals surface area contributed by atoms with Crippen LogP contribution in [-0.2, 0) is 4.79 Å². The van der Waals surface area contributed by atoms with Crippen LogP contribution in [0.5, 0.6) is 0 Å². The molecule has 1 aromatic heterocycles. The number of aromatic nitrogens is 1. The van der Waals surface area contributed by atoms with Gasteiger partial charge in [0.25, 0.3) is 0 Å². The third-order valence-corrected chi connectivity index (χ3v) is 3.94. The molecule has 6 heteroatoms. The molecule has 0 saturated carbocycles. The number of likely N-dealkylation sites (N-methyl/N-ethyl adjacent to an activating group) is 1. The van der Waals surface area contributed by atoms with Crippen LogP contribution < -0.4 is 15.1 Å². The Labute approximate surface area is 129 Å². The minimum Gasteiger partial charge on any atom is -0.480 e. The van der Waals surface area contributed by atoms with E-state index in [2.05, 4.69) is 27.3 Å². The first-order valence-electron chi connectivity index (χ1n) is 7.42. The molecule has 0 unspecified atom stereocenters. The molecule has 1 fully saturated rings. The Bertz CT molecular complexity index is 683. The number of carboxylic acids is 1. The maximum Gasteiger partial charge on any atom is 0.323 e. The highest BCUT2D eigenvalue weighted by molar-refractivity contribution is 5.95. The predicted molar refractivity (Wildman–Crippen MR) is 87.7 cm³/mol. The van der Waals surface area contributed by atoms with Crippen molar-refractivity contribution in [1.29, 1.82) is 0 Å². The number of rotatable bonds is 4. The van der Waals surface area contributed by atoms with Gasteiger partial charge in [-0.05, 0) is 29.7 Å². The molecule has 3 rings (SSSR count). The first kappa shape index (κ1) is 14.6. The number of piperazine rings is 1. The van der Waals surface area contributed by atoms with Crippen molar-refractivity contribution in [3.63, 3.8) is 0 Å².